The Hall–Kier alpha value is -0.0800. The highest BCUT2D eigenvalue weighted by atomic mass is 16.5. The van der Waals surface area contributed by atoms with Crippen LogP contribution in [0.15, 0.2) is 0 Å². The van der Waals surface area contributed by atoms with Crippen LogP contribution >= 0.6 is 0 Å². The standard InChI is InChI=1S/C13H29NO/c1-8-10(3)11(14-9-2)12(15-7)13(4,5)6/h10-12,14H,8-9H2,1-7H3. The molecular weight excluding hydrogens is 186 g/mol. The molecule has 0 saturated heterocycles. The Balaban J connectivity index is 4.69. The van der Waals surface area contributed by atoms with Crippen molar-refractivity contribution in [3.63, 3.8) is 0 Å². The van der Waals surface area contributed by atoms with E-state index in [4.69, 9.17) is 4.74 Å². The summed E-state index contributed by atoms with van der Waals surface area (Å²) in [4.78, 5) is 0. The predicted molar refractivity (Wildman–Crippen MR) is 67.2 cm³/mol. The summed E-state index contributed by atoms with van der Waals surface area (Å²) < 4.78 is 5.69. The smallest absolute Gasteiger partial charge is 0.0774 e. The summed E-state index contributed by atoms with van der Waals surface area (Å²) in [5.41, 5.74) is 0.186. The van der Waals surface area contributed by atoms with Crippen LogP contribution in [0.5, 0.6) is 0 Å². The highest BCUT2D eigenvalue weighted by Crippen LogP contribution is 2.28. The molecule has 0 bridgehead atoms. The van der Waals surface area contributed by atoms with Gasteiger partial charge in [-0.1, -0.05) is 48.0 Å². The Morgan fingerprint density at radius 2 is 1.73 bits per heavy atom. The molecule has 2 heteroatoms. The molecule has 15 heavy (non-hydrogen) atoms. The van der Waals surface area contributed by atoms with Gasteiger partial charge in [-0.15, -0.1) is 0 Å². The molecule has 2 nitrogen and oxygen atoms in total. The summed E-state index contributed by atoms with van der Waals surface area (Å²) in [6.45, 7) is 14.4. The number of hydrogen-bond donors (Lipinski definition) is 1. The molecule has 0 fully saturated rings. The van der Waals surface area contributed by atoms with Crippen molar-refractivity contribution in [1.29, 1.82) is 0 Å². The lowest BCUT2D eigenvalue weighted by Gasteiger charge is -2.39. The predicted octanol–water partition coefficient (Wildman–Crippen LogP) is 3.07. The van der Waals surface area contributed by atoms with E-state index in [1.807, 2.05) is 7.11 Å². The lowest BCUT2D eigenvalue weighted by atomic mass is 9.79. The van der Waals surface area contributed by atoms with Gasteiger partial charge in [0.2, 0.25) is 0 Å². The minimum absolute atomic E-state index is 0.186. The van der Waals surface area contributed by atoms with Gasteiger partial charge in [0.05, 0.1) is 6.10 Å². The van der Waals surface area contributed by atoms with Crippen LogP contribution in [-0.4, -0.2) is 25.8 Å². The van der Waals surface area contributed by atoms with Gasteiger partial charge in [0.1, 0.15) is 0 Å². The Morgan fingerprint density at radius 3 is 2.00 bits per heavy atom. The van der Waals surface area contributed by atoms with Gasteiger partial charge in [-0.2, -0.15) is 0 Å². The van der Waals surface area contributed by atoms with Crippen molar-refractivity contribution in [3.8, 4) is 0 Å². The van der Waals surface area contributed by atoms with Gasteiger partial charge in [-0.05, 0) is 17.9 Å². The summed E-state index contributed by atoms with van der Waals surface area (Å²) in [7, 11) is 1.82. The molecule has 0 saturated carbocycles. The summed E-state index contributed by atoms with van der Waals surface area (Å²) >= 11 is 0. The van der Waals surface area contributed by atoms with Crippen LogP contribution in [-0.2, 0) is 4.74 Å². The molecule has 0 aliphatic carbocycles. The lowest BCUT2D eigenvalue weighted by Crippen LogP contribution is -2.51. The van der Waals surface area contributed by atoms with Crippen molar-refractivity contribution in [2.75, 3.05) is 13.7 Å². The average molecular weight is 215 g/mol. The Labute approximate surface area is 95.8 Å². The maximum Gasteiger partial charge on any atom is 0.0774 e. The van der Waals surface area contributed by atoms with E-state index in [1.54, 1.807) is 0 Å². The zero-order chi connectivity index (χ0) is 12.1. The number of hydrogen-bond acceptors (Lipinski definition) is 2. The molecule has 92 valence electrons. The number of methoxy groups -OCH3 is 1. The van der Waals surface area contributed by atoms with E-state index in [2.05, 4.69) is 46.9 Å². The van der Waals surface area contributed by atoms with Gasteiger partial charge in [0.15, 0.2) is 0 Å². The number of likely N-dealkylation sites (N-methyl/N-ethyl adjacent to an activating group) is 1. The topological polar surface area (TPSA) is 21.3 Å². The third-order valence-corrected chi connectivity index (χ3v) is 3.13. The van der Waals surface area contributed by atoms with Gasteiger partial charge in [-0.3, -0.25) is 0 Å². The Bertz CT molecular complexity index is 162. The summed E-state index contributed by atoms with van der Waals surface area (Å²) in [6, 6.07) is 0.449. The maximum atomic E-state index is 5.69. The van der Waals surface area contributed by atoms with E-state index in [9.17, 15) is 0 Å². The second kappa shape index (κ2) is 6.49. The number of rotatable bonds is 6. The van der Waals surface area contributed by atoms with Crippen molar-refractivity contribution in [2.45, 2.75) is 60.1 Å². The summed E-state index contributed by atoms with van der Waals surface area (Å²) in [5.74, 6) is 0.647. The molecule has 0 aromatic heterocycles. The Morgan fingerprint density at radius 1 is 1.20 bits per heavy atom. The highest BCUT2D eigenvalue weighted by Gasteiger charge is 2.34. The van der Waals surface area contributed by atoms with Crippen LogP contribution in [0, 0.1) is 11.3 Å². The van der Waals surface area contributed by atoms with Gasteiger partial charge >= 0.3 is 0 Å². The fourth-order valence-corrected chi connectivity index (χ4v) is 2.14. The first-order valence-electron chi connectivity index (χ1n) is 6.14. The fraction of sp³-hybridized carbons (Fsp3) is 1.00. The first-order chi connectivity index (χ1) is 6.88. The van der Waals surface area contributed by atoms with Crippen LogP contribution in [0.25, 0.3) is 0 Å². The number of ether oxygens (including phenoxy) is 1. The monoisotopic (exact) mass is 215 g/mol. The maximum absolute atomic E-state index is 5.69. The van der Waals surface area contributed by atoms with Crippen LogP contribution in [0.3, 0.4) is 0 Å². The third kappa shape index (κ3) is 4.52. The van der Waals surface area contributed by atoms with Crippen molar-refractivity contribution >= 4 is 0 Å². The SMILES string of the molecule is CCNC(C(C)CC)C(OC)C(C)(C)C. The van der Waals surface area contributed by atoms with Crippen LogP contribution < -0.4 is 5.32 Å². The summed E-state index contributed by atoms with van der Waals surface area (Å²) in [6.07, 6.45) is 1.46. The van der Waals surface area contributed by atoms with Gasteiger partial charge in [-0.25, -0.2) is 0 Å². The highest BCUT2D eigenvalue weighted by molar-refractivity contribution is 4.88. The molecule has 0 rings (SSSR count). The quantitative estimate of drug-likeness (QED) is 0.735. The zero-order valence-corrected chi connectivity index (χ0v) is 11.6. The molecular formula is C13H29NO. The molecule has 3 atom stereocenters. The molecule has 0 aliphatic heterocycles. The van der Waals surface area contributed by atoms with E-state index in [-0.39, 0.29) is 11.5 Å². The number of nitrogens with one attached hydrogen (secondary N) is 1. The lowest BCUT2D eigenvalue weighted by molar-refractivity contribution is -0.0245. The van der Waals surface area contributed by atoms with Crippen molar-refractivity contribution in [2.24, 2.45) is 11.3 Å². The Kier molecular flexibility index (Phi) is 6.46. The van der Waals surface area contributed by atoms with Gasteiger partial charge < -0.3 is 10.1 Å². The minimum atomic E-state index is 0.186. The average Bonchev–Trinajstić information content (AvgIpc) is 2.14. The van der Waals surface area contributed by atoms with Crippen LogP contribution in [0.4, 0.5) is 0 Å². The molecule has 0 aromatic carbocycles. The molecule has 0 radical (unpaired) electrons. The molecule has 3 unspecified atom stereocenters. The second-order valence-corrected chi connectivity index (χ2v) is 5.49. The van der Waals surface area contributed by atoms with E-state index >= 15 is 0 Å². The zero-order valence-electron chi connectivity index (χ0n) is 11.6. The second-order valence-electron chi connectivity index (χ2n) is 5.49. The van der Waals surface area contributed by atoms with Crippen LogP contribution in [0.1, 0.15) is 48.0 Å². The van der Waals surface area contributed by atoms with Gasteiger partial charge in [0, 0.05) is 13.2 Å². The third-order valence-electron chi connectivity index (χ3n) is 3.13. The first-order valence-corrected chi connectivity index (χ1v) is 6.14. The fourth-order valence-electron chi connectivity index (χ4n) is 2.14. The molecule has 0 aromatic rings. The van der Waals surface area contributed by atoms with Gasteiger partial charge in [0.25, 0.3) is 0 Å². The first kappa shape index (κ1) is 14.9. The van der Waals surface area contributed by atoms with Crippen molar-refractivity contribution in [1.82, 2.24) is 5.32 Å². The molecule has 0 aliphatic rings. The minimum Gasteiger partial charge on any atom is -0.379 e. The van der Waals surface area contributed by atoms with Crippen molar-refractivity contribution < 1.29 is 4.74 Å². The van der Waals surface area contributed by atoms with E-state index in [0.29, 0.717) is 12.0 Å². The molecule has 0 spiro atoms. The molecule has 0 amide bonds. The van der Waals surface area contributed by atoms with E-state index < -0.39 is 0 Å². The van der Waals surface area contributed by atoms with Crippen LogP contribution in [0.2, 0.25) is 0 Å². The molecule has 0 heterocycles. The molecule has 1 N–H and O–H groups in total. The normalized spacial score (nSPS) is 18.6. The largest absolute Gasteiger partial charge is 0.379 e. The van der Waals surface area contributed by atoms with E-state index in [0.717, 1.165) is 6.54 Å². The van der Waals surface area contributed by atoms with Crippen molar-refractivity contribution in [3.05, 3.63) is 0 Å². The summed E-state index contributed by atoms with van der Waals surface area (Å²) in [5, 5.41) is 3.57. The van der Waals surface area contributed by atoms with E-state index in [1.165, 1.54) is 6.42 Å².